The van der Waals surface area contributed by atoms with Gasteiger partial charge in [-0.3, -0.25) is 4.79 Å². The second-order valence-electron chi connectivity index (χ2n) is 5.18. The van der Waals surface area contributed by atoms with E-state index in [9.17, 15) is 13.6 Å². The predicted molar refractivity (Wildman–Crippen MR) is 97.4 cm³/mol. The van der Waals surface area contributed by atoms with Gasteiger partial charge in [0.1, 0.15) is 16.7 Å². The van der Waals surface area contributed by atoms with Gasteiger partial charge in [0.15, 0.2) is 5.82 Å². The van der Waals surface area contributed by atoms with Crippen molar-refractivity contribution < 1.29 is 13.6 Å². The number of benzene rings is 2. The first kappa shape index (κ1) is 18.3. The minimum atomic E-state index is -0.619. The van der Waals surface area contributed by atoms with Crippen LogP contribution in [0.5, 0.6) is 0 Å². The normalized spacial score (nSPS) is 10.6. The molecule has 26 heavy (non-hydrogen) atoms. The Balaban J connectivity index is 1.64. The number of anilines is 1. The first-order chi connectivity index (χ1) is 12.5. The van der Waals surface area contributed by atoms with E-state index in [0.717, 1.165) is 0 Å². The third-order valence-corrected chi connectivity index (χ3v) is 4.73. The van der Waals surface area contributed by atoms with Crippen LogP contribution in [0, 0.1) is 11.6 Å². The van der Waals surface area contributed by atoms with E-state index in [-0.39, 0.29) is 17.2 Å². The molecule has 0 spiro atoms. The molecule has 0 fully saturated rings. The summed E-state index contributed by atoms with van der Waals surface area (Å²) in [4.78, 5) is 12.0. The zero-order chi connectivity index (χ0) is 18.5. The van der Waals surface area contributed by atoms with E-state index in [1.165, 1.54) is 42.1 Å². The van der Waals surface area contributed by atoms with Gasteiger partial charge >= 0.3 is 0 Å². The molecular weight excluding hydrogens is 380 g/mol. The van der Waals surface area contributed by atoms with Crippen LogP contribution in [0.2, 0.25) is 5.02 Å². The molecule has 8 heteroatoms. The minimum Gasteiger partial charge on any atom is -0.305 e. The van der Waals surface area contributed by atoms with Crippen molar-refractivity contribution in [1.29, 1.82) is 0 Å². The van der Waals surface area contributed by atoms with Gasteiger partial charge in [-0.2, -0.15) is 0 Å². The summed E-state index contributed by atoms with van der Waals surface area (Å²) in [6, 6.07) is 13.3. The fraction of sp³-hybridized carbons (Fsp3) is 0.0556. The SMILES string of the molecule is O=C(Nc1ccc(SCc2c(F)cccc2Cl)nn1)c1ccccc1F. The van der Waals surface area contributed by atoms with Crippen molar-refractivity contribution in [3.8, 4) is 0 Å². The maximum Gasteiger partial charge on any atom is 0.259 e. The van der Waals surface area contributed by atoms with Crippen LogP contribution in [0.4, 0.5) is 14.6 Å². The van der Waals surface area contributed by atoms with Crippen molar-refractivity contribution in [3.63, 3.8) is 0 Å². The quantitative estimate of drug-likeness (QED) is 0.625. The van der Waals surface area contributed by atoms with Gasteiger partial charge in [0.2, 0.25) is 0 Å². The topological polar surface area (TPSA) is 54.9 Å². The summed E-state index contributed by atoms with van der Waals surface area (Å²) in [6.45, 7) is 0. The average Bonchev–Trinajstić information content (AvgIpc) is 2.63. The van der Waals surface area contributed by atoms with Gasteiger partial charge in [-0.15, -0.1) is 10.2 Å². The molecule has 0 aliphatic heterocycles. The summed E-state index contributed by atoms with van der Waals surface area (Å²) in [5.41, 5.74) is 0.305. The second-order valence-corrected chi connectivity index (χ2v) is 6.58. The summed E-state index contributed by atoms with van der Waals surface area (Å²) in [6.07, 6.45) is 0. The number of thioether (sulfide) groups is 1. The average molecular weight is 392 g/mol. The van der Waals surface area contributed by atoms with Crippen LogP contribution in [-0.2, 0) is 5.75 Å². The lowest BCUT2D eigenvalue weighted by Gasteiger charge is -2.07. The Labute approximate surface area is 157 Å². The van der Waals surface area contributed by atoms with Crippen LogP contribution in [0.3, 0.4) is 0 Å². The molecule has 0 saturated heterocycles. The van der Waals surface area contributed by atoms with Crippen LogP contribution in [0.25, 0.3) is 0 Å². The predicted octanol–water partition coefficient (Wildman–Crippen LogP) is 4.95. The lowest BCUT2D eigenvalue weighted by molar-refractivity contribution is 0.102. The number of rotatable bonds is 5. The van der Waals surface area contributed by atoms with Crippen molar-refractivity contribution in [2.24, 2.45) is 0 Å². The number of nitrogens with one attached hydrogen (secondary N) is 1. The highest BCUT2D eigenvalue weighted by atomic mass is 35.5. The Morgan fingerprint density at radius 2 is 1.77 bits per heavy atom. The number of nitrogens with zero attached hydrogens (tertiary/aromatic N) is 2. The Bertz CT molecular complexity index is 918. The van der Waals surface area contributed by atoms with E-state index in [4.69, 9.17) is 11.6 Å². The Morgan fingerprint density at radius 1 is 1.00 bits per heavy atom. The molecule has 1 aromatic heterocycles. The highest BCUT2D eigenvalue weighted by Crippen LogP contribution is 2.27. The molecule has 2 aromatic carbocycles. The maximum absolute atomic E-state index is 13.7. The van der Waals surface area contributed by atoms with E-state index in [1.54, 1.807) is 24.3 Å². The lowest BCUT2D eigenvalue weighted by Crippen LogP contribution is -2.14. The summed E-state index contributed by atoms with van der Waals surface area (Å²) in [5, 5.41) is 11.2. The number of carbonyl (C=O) groups excluding carboxylic acids is 1. The van der Waals surface area contributed by atoms with Gasteiger partial charge in [0.05, 0.1) is 5.56 Å². The van der Waals surface area contributed by atoms with Crippen molar-refractivity contribution in [3.05, 3.63) is 82.4 Å². The summed E-state index contributed by atoms with van der Waals surface area (Å²) in [5.74, 6) is -1.14. The summed E-state index contributed by atoms with van der Waals surface area (Å²) >= 11 is 7.24. The van der Waals surface area contributed by atoms with Crippen LogP contribution in [0.15, 0.2) is 59.6 Å². The standard InChI is InChI=1S/C18H12ClF2N3OS/c19-13-5-3-7-15(21)12(13)10-26-17-9-8-16(23-24-17)22-18(25)11-4-1-2-6-14(11)20/h1-9H,10H2,(H,22,23,25). The third-order valence-electron chi connectivity index (χ3n) is 3.43. The highest BCUT2D eigenvalue weighted by Gasteiger charge is 2.12. The van der Waals surface area contributed by atoms with Crippen molar-refractivity contribution in [2.75, 3.05) is 5.32 Å². The smallest absolute Gasteiger partial charge is 0.259 e. The number of hydrogen-bond acceptors (Lipinski definition) is 4. The second kappa shape index (κ2) is 8.25. The molecule has 1 N–H and O–H groups in total. The van der Waals surface area contributed by atoms with Crippen LogP contribution in [-0.4, -0.2) is 16.1 Å². The van der Waals surface area contributed by atoms with Crippen molar-refractivity contribution >= 4 is 35.1 Å². The molecule has 0 aliphatic carbocycles. The van der Waals surface area contributed by atoms with Gasteiger partial charge in [-0.1, -0.05) is 41.6 Å². The molecular formula is C18H12ClF2N3OS. The highest BCUT2D eigenvalue weighted by molar-refractivity contribution is 7.98. The largest absolute Gasteiger partial charge is 0.305 e. The fourth-order valence-corrected chi connectivity index (χ4v) is 3.27. The Hall–Kier alpha value is -2.51. The fourth-order valence-electron chi connectivity index (χ4n) is 2.11. The van der Waals surface area contributed by atoms with E-state index >= 15 is 0 Å². The van der Waals surface area contributed by atoms with E-state index in [0.29, 0.717) is 21.4 Å². The molecule has 0 unspecified atom stereocenters. The first-order valence-corrected chi connectivity index (χ1v) is 8.86. The molecule has 1 heterocycles. The van der Waals surface area contributed by atoms with E-state index in [1.807, 2.05) is 0 Å². The van der Waals surface area contributed by atoms with Crippen LogP contribution in [0.1, 0.15) is 15.9 Å². The molecule has 0 bridgehead atoms. The molecule has 3 aromatic rings. The van der Waals surface area contributed by atoms with Gasteiger partial charge in [0, 0.05) is 16.3 Å². The zero-order valence-electron chi connectivity index (χ0n) is 13.2. The van der Waals surface area contributed by atoms with Gasteiger partial charge in [0.25, 0.3) is 5.91 Å². The van der Waals surface area contributed by atoms with E-state index in [2.05, 4.69) is 15.5 Å². The third kappa shape index (κ3) is 4.36. The van der Waals surface area contributed by atoms with Crippen LogP contribution >= 0.6 is 23.4 Å². The molecule has 4 nitrogen and oxygen atoms in total. The van der Waals surface area contributed by atoms with Crippen LogP contribution < -0.4 is 5.32 Å². The molecule has 3 rings (SSSR count). The Kier molecular flexibility index (Phi) is 5.80. The van der Waals surface area contributed by atoms with Crippen molar-refractivity contribution in [1.82, 2.24) is 10.2 Å². The number of carbonyl (C=O) groups is 1. The number of hydrogen-bond donors (Lipinski definition) is 1. The van der Waals surface area contributed by atoms with E-state index < -0.39 is 11.7 Å². The first-order valence-electron chi connectivity index (χ1n) is 7.50. The minimum absolute atomic E-state index is 0.0815. The number of amides is 1. The van der Waals surface area contributed by atoms with Gasteiger partial charge < -0.3 is 5.32 Å². The zero-order valence-corrected chi connectivity index (χ0v) is 14.8. The summed E-state index contributed by atoms with van der Waals surface area (Å²) in [7, 11) is 0. The lowest BCUT2D eigenvalue weighted by atomic mass is 10.2. The van der Waals surface area contributed by atoms with Gasteiger partial charge in [-0.25, -0.2) is 8.78 Å². The molecule has 1 amide bonds. The van der Waals surface area contributed by atoms with Crippen molar-refractivity contribution in [2.45, 2.75) is 10.8 Å². The molecule has 132 valence electrons. The molecule has 0 saturated carbocycles. The maximum atomic E-state index is 13.7. The molecule has 0 aliphatic rings. The molecule has 0 radical (unpaired) electrons. The molecule has 0 atom stereocenters. The summed E-state index contributed by atoms with van der Waals surface area (Å²) < 4.78 is 27.3. The van der Waals surface area contributed by atoms with Gasteiger partial charge in [-0.05, 0) is 36.4 Å². The Morgan fingerprint density at radius 3 is 2.46 bits per heavy atom. The monoisotopic (exact) mass is 391 g/mol. The number of halogens is 3. The number of aromatic nitrogens is 2.